The maximum atomic E-state index is 11.0. The third-order valence-corrected chi connectivity index (χ3v) is 3.70. The Balaban J connectivity index is 1.80. The third-order valence-electron chi connectivity index (χ3n) is 2.62. The van der Waals surface area contributed by atoms with Crippen molar-refractivity contribution in [2.45, 2.75) is 0 Å². The molecule has 1 aromatic heterocycles. The van der Waals surface area contributed by atoms with Gasteiger partial charge in [-0.05, 0) is 29.8 Å². The van der Waals surface area contributed by atoms with Crippen molar-refractivity contribution in [3.8, 4) is 0 Å². The minimum absolute atomic E-state index is 0.0439. The summed E-state index contributed by atoms with van der Waals surface area (Å²) in [6.45, 7) is 0. The van der Waals surface area contributed by atoms with Crippen molar-refractivity contribution in [1.29, 1.82) is 0 Å². The fourth-order valence-electron chi connectivity index (χ4n) is 1.73. The van der Waals surface area contributed by atoms with E-state index in [2.05, 4.69) is 20.5 Å². The second-order valence-electron chi connectivity index (χ2n) is 4.07. The van der Waals surface area contributed by atoms with E-state index in [0.29, 0.717) is 16.1 Å². The van der Waals surface area contributed by atoms with E-state index in [4.69, 9.17) is 11.6 Å². The van der Waals surface area contributed by atoms with Crippen molar-refractivity contribution in [1.82, 2.24) is 10.3 Å². The lowest BCUT2D eigenvalue weighted by molar-refractivity contribution is -0.116. The molecule has 0 spiro atoms. The highest BCUT2D eigenvalue weighted by atomic mass is 35.5. The van der Waals surface area contributed by atoms with E-state index < -0.39 is 0 Å². The van der Waals surface area contributed by atoms with Crippen molar-refractivity contribution in [3.63, 3.8) is 0 Å². The quantitative estimate of drug-likeness (QED) is 0.526. The fourth-order valence-corrected chi connectivity index (χ4v) is 2.51. The average Bonchev–Trinajstić information content (AvgIpc) is 2.85. The molecule has 0 atom stereocenters. The normalized spacial score (nSPS) is 17.2. The van der Waals surface area contributed by atoms with E-state index in [1.54, 1.807) is 12.3 Å². The second kappa shape index (κ2) is 5.60. The van der Waals surface area contributed by atoms with Gasteiger partial charge in [-0.25, -0.2) is 4.98 Å². The summed E-state index contributed by atoms with van der Waals surface area (Å²) in [6, 6.07) is 9.36. The number of pyridine rings is 1. The highest BCUT2D eigenvalue weighted by Crippen LogP contribution is 2.16. The number of halogens is 1. The minimum Gasteiger partial charge on any atom is -0.303 e. The van der Waals surface area contributed by atoms with Crippen molar-refractivity contribution in [2.75, 3.05) is 5.75 Å². The van der Waals surface area contributed by atoms with E-state index in [9.17, 15) is 4.79 Å². The maximum Gasteiger partial charge on any atom is 0.236 e. The van der Waals surface area contributed by atoms with Gasteiger partial charge in [-0.1, -0.05) is 29.4 Å². The van der Waals surface area contributed by atoms with Crippen LogP contribution in [0.3, 0.4) is 0 Å². The molecule has 2 aromatic rings. The lowest BCUT2D eigenvalue weighted by atomic mass is 10.1. The number of thioether (sulfide) groups is 1. The Kier molecular flexibility index (Phi) is 3.66. The van der Waals surface area contributed by atoms with Gasteiger partial charge in [0.15, 0.2) is 5.17 Å². The molecule has 1 aliphatic rings. The number of nitrogens with one attached hydrogen (secondary N) is 1. The number of benzene rings is 1. The number of rotatable bonds is 2. The van der Waals surface area contributed by atoms with E-state index >= 15 is 0 Å². The van der Waals surface area contributed by atoms with Crippen molar-refractivity contribution in [2.24, 2.45) is 10.2 Å². The summed E-state index contributed by atoms with van der Waals surface area (Å²) < 4.78 is 0. The number of amidine groups is 1. The van der Waals surface area contributed by atoms with Crippen LogP contribution in [0.4, 0.5) is 0 Å². The summed E-state index contributed by atoms with van der Waals surface area (Å²) >= 11 is 7.18. The number of fused-ring (bicyclic) bond motifs is 1. The smallest absolute Gasteiger partial charge is 0.236 e. The largest absolute Gasteiger partial charge is 0.303 e. The Morgan fingerprint density at radius 2 is 2.25 bits per heavy atom. The van der Waals surface area contributed by atoms with E-state index in [1.807, 2.05) is 24.3 Å². The Hall–Kier alpha value is -1.92. The second-order valence-corrected chi connectivity index (χ2v) is 5.42. The molecule has 100 valence electrons. The Labute approximate surface area is 124 Å². The van der Waals surface area contributed by atoms with Crippen LogP contribution >= 0.6 is 23.4 Å². The van der Waals surface area contributed by atoms with Crippen molar-refractivity contribution in [3.05, 3.63) is 41.0 Å². The average molecular weight is 305 g/mol. The first-order chi connectivity index (χ1) is 9.70. The van der Waals surface area contributed by atoms with Crippen LogP contribution in [0.2, 0.25) is 5.15 Å². The molecule has 1 aliphatic heterocycles. The topological polar surface area (TPSA) is 66.7 Å². The number of nitrogens with zero attached hydrogens (tertiary/aromatic N) is 3. The molecule has 0 unspecified atom stereocenters. The van der Waals surface area contributed by atoms with Crippen molar-refractivity contribution >= 4 is 51.6 Å². The molecular weight excluding hydrogens is 296 g/mol. The van der Waals surface area contributed by atoms with E-state index in [1.165, 1.54) is 11.8 Å². The summed E-state index contributed by atoms with van der Waals surface area (Å²) in [6.07, 6.45) is 1.63. The van der Waals surface area contributed by atoms with Crippen LogP contribution < -0.4 is 5.32 Å². The van der Waals surface area contributed by atoms with Gasteiger partial charge >= 0.3 is 0 Å². The van der Waals surface area contributed by atoms with Gasteiger partial charge in [-0.3, -0.25) is 4.79 Å². The van der Waals surface area contributed by atoms with Crippen molar-refractivity contribution < 1.29 is 4.79 Å². The zero-order valence-corrected chi connectivity index (χ0v) is 11.8. The Morgan fingerprint density at radius 3 is 3.05 bits per heavy atom. The minimum atomic E-state index is -0.0439. The van der Waals surface area contributed by atoms with Crippen LogP contribution in [0.25, 0.3) is 10.9 Å². The predicted octanol–water partition coefficient (Wildman–Crippen LogP) is 2.44. The predicted molar refractivity (Wildman–Crippen MR) is 82.4 cm³/mol. The number of hydrogen-bond acceptors (Lipinski definition) is 5. The zero-order valence-electron chi connectivity index (χ0n) is 10.2. The fraction of sp³-hybridized carbons (Fsp3) is 0.0769. The SMILES string of the molecule is O=C1CSC(=NN=Cc2ccc3nc(Cl)ccc3c2)N1. The molecule has 0 aliphatic carbocycles. The summed E-state index contributed by atoms with van der Waals surface area (Å²) in [5, 5.41) is 12.5. The molecule has 0 bridgehead atoms. The third kappa shape index (κ3) is 2.97. The van der Waals surface area contributed by atoms with Crippen LogP contribution in [0.15, 0.2) is 40.5 Å². The lowest BCUT2D eigenvalue weighted by Crippen LogP contribution is -2.19. The highest BCUT2D eigenvalue weighted by Gasteiger charge is 2.15. The molecule has 1 fully saturated rings. The van der Waals surface area contributed by atoms with Gasteiger partial charge in [0.1, 0.15) is 5.15 Å². The zero-order chi connectivity index (χ0) is 13.9. The monoisotopic (exact) mass is 304 g/mol. The van der Waals surface area contributed by atoms with Gasteiger partial charge in [-0.2, -0.15) is 5.10 Å². The number of carbonyl (C=O) groups is 1. The summed E-state index contributed by atoms with van der Waals surface area (Å²) in [5.74, 6) is 0.356. The van der Waals surface area contributed by atoms with E-state index in [-0.39, 0.29) is 5.91 Å². The molecule has 1 saturated heterocycles. The first kappa shape index (κ1) is 13.1. The Bertz CT molecular complexity index is 744. The molecule has 1 N–H and O–H groups in total. The molecule has 1 aromatic carbocycles. The molecule has 7 heteroatoms. The van der Waals surface area contributed by atoms with Gasteiger partial charge in [0.05, 0.1) is 17.5 Å². The van der Waals surface area contributed by atoms with Crippen LogP contribution in [-0.4, -0.2) is 28.0 Å². The molecule has 3 rings (SSSR count). The summed E-state index contributed by atoms with van der Waals surface area (Å²) in [4.78, 5) is 15.2. The first-order valence-electron chi connectivity index (χ1n) is 5.81. The van der Waals surface area contributed by atoms with Crippen LogP contribution in [0, 0.1) is 0 Å². The van der Waals surface area contributed by atoms with Gasteiger partial charge in [-0.15, -0.1) is 5.10 Å². The molecule has 0 radical (unpaired) electrons. The molecule has 0 saturated carbocycles. The molecule has 5 nitrogen and oxygen atoms in total. The molecule has 20 heavy (non-hydrogen) atoms. The van der Waals surface area contributed by atoms with Crippen LogP contribution in [-0.2, 0) is 4.79 Å². The van der Waals surface area contributed by atoms with E-state index in [0.717, 1.165) is 16.5 Å². The lowest BCUT2D eigenvalue weighted by Gasteiger charge is -1.98. The Morgan fingerprint density at radius 1 is 1.35 bits per heavy atom. The van der Waals surface area contributed by atoms with Gasteiger partial charge in [0.2, 0.25) is 5.91 Å². The first-order valence-corrected chi connectivity index (χ1v) is 7.17. The van der Waals surface area contributed by atoms with Gasteiger partial charge in [0, 0.05) is 5.39 Å². The number of hydrogen-bond donors (Lipinski definition) is 1. The van der Waals surface area contributed by atoms with Gasteiger partial charge < -0.3 is 5.32 Å². The summed E-state index contributed by atoms with van der Waals surface area (Å²) in [5.41, 5.74) is 1.74. The summed E-state index contributed by atoms with van der Waals surface area (Å²) in [7, 11) is 0. The number of aromatic nitrogens is 1. The van der Waals surface area contributed by atoms with Gasteiger partial charge in [0.25, 0.3) is 0 Å². The van der Waals surface area contributed by atoms with Crippen LogP contribution in [0.1, 0.15) is 5.56 Å². The molecule has 2 heterocycles. The molecular formula is C13H9ClN4OS. The number of amides is 1. The standard InChI is InChI=1S/C13H9ClN4OS/c14-11-4-2-9-5-8(1-3-10(9)16-11)6-15-18-13-17-12(19)7-20-13/h1-6H,7H2,(H,17,18,19). The maximum absolute atomic E-state index is 11.0. The van der Waals surface area contributed by atoms with Crippen LogP contribution in [0.5, 0.6) is 0 Å². The highest BCUT2D eigenvalue weighted by molar-refractivity contribution is 8.15. The number of carbonyl (C=O) groups excluding carboxylic acids is 1. The molecule has 1 amide bonds.